The van der Waals surface area contributed by atoms with Crippen LogP contribution in [0.1, 0.15) is 17.2 Å². The van der Waals surface area contributed by atoms with Crippen molar-refractivity contribution in [1.29, 1.82) is 0 Å². The first kappa shape index (κ1) is 16.2. The van der Waals surface area contributed by atoms with Crippen molar-refractivity contribution in [3.05, 3.63) is 71.8 Å². The van der Waals surface area contributed by atoms with Gasteiger partial charge in [-0.15, -0.1) is 0 Å². The van der Waals surface area contributed by atoms with Gasteiger partial charge in [0, 0.05) is 0 Å². The zero-order valence-electron chi connectivity index (χ0n) is 11.1. The monoisotopic (exact) mass is 341 g/mol. The standard InChI is InChI=1S/C16H14Cl3NO/c17-16(18,19)15(13-9-5-2-6-10-13)20-14(21)11-12-7-3-1-4-8-12/h1-10,15H,11H2,(H,20,21)/t15-/m0/s1. The van der Waals surface area contributed by atoms with Crippen molar-refractivity contribution < 1.29 is 4.79 Å². The van der Waals surface area contributed by atoms with Crippen LogP contribution >= 0.6 is 34.8 Å². The summed E-state index contributed by atoms with van der Waals surface area (Å²) in [6.07, 6.45) is 0.241. The summed E-state index contributed by atoms with van der Waals surface area (Å²) < 4.78 is -1.62. The molecule has 2 rings (SSSR count). The molecule has 2 aromatic rings. The lowest BCUT2D eigenvalue weighted by Gasteiger charge is -2.26. The molecule has 1 amide bonds. The summed E-state index contributed by atoms with van der Waals surface area (Å²) in [5.74, 6) is -0.193. The van der Waals surface area contributed by atoms with Gasteiger partial charge in [0.25, 0.3) is 0 Å². The van der Waals surface area contributed by atoms with E-state index in [9.17, 15) is 4.79 Å². The van der Waals surface area contributed by atoms with Crippen molar-refractivity contribution in [3.63, 3.8) is 0 Å². The van der Waals surface area contributed by atoms with E-state index in [1.165, 1.54) is 0 Å². The highest BCUT2D eigenvalue weighted by Crippen LogP contribution is 2.39. The topological polar surface area (TPSA) is 29.1 Å². The van der Waals surface area contributed by atoms with Gasteiger partial charge in [-0.2, -0.15) is 0 Å². The quantitative estimate of drug-likeness (QED) is 0.817. The molecule has 0 aliphatic heterocycles. The minimum Gasteiger partial charge on any atom is -0.345 e. The normalized spacial score (nSPS) is 12.7. The van der Waals surface area contributed by atoms with E-state index in [4.69, 9.17) is 34.8 Å². The second kappa shape index (κ2) is 7.17. The molecule has 0 heterocycles. The van der Waals surface area contributed by atoms with Gasteiger partial charge in [0.2, 0.25) is 9.70 Å². The molecular weight excluding hydrogens is 329 g/mol. The van der Waals surface area contributed by atoms with E-state index in [-0.39, 0.29) is 12.3 Å². The fourth-order valence-electron chi connectivity index (χ4n) is 1.99. The van der Waals surface area contributed by atoms with Crippen molar-refractivity contribution in [1.82, 2.24) is 5.32 Å². The molecule has 0 saturated heterocycles. The van der Waals surface area contributed by atoms with Crippen molar-refractivity contribution in [2.24, 2.45) is 0 Å². The molecule has 0 radical (unpaired) electrons. The average molecular weight is 343 g/mol. The van der Waals surface area contributed by atoms with E-state index >= 15 is 0 Å². The minimum atomic E-state index is -1.62. The molecule has 110 valence electrons. The fraction of sp³-hybridized carbons (Fsp3) is 0.188. The third-order valence-corrected chi connectivity index (χ3v) is 3.63. The molecule has 2 aromatic carbocycles. The van der Waals surface area contributed by atoms with E-state index in [0.717, 1.165) is 11.1 Å². The third kappa shape index (κ3) is 4.92. The first-order valence-electron chi connectivity index (χ1n) is 6.42. The van der Waals surface area contributed by atoms with Crippen molar-refractivity contribution in [2.45, 2.75) is 16.3 Å². The Balaban J connectivity index is 2.11. The van der Waals surface area contributed by atoms with Gasteiger partial charge in [-0.05, 0) is 11.1 Å². The van der Waals surface area contributed by atoms with E-state index in [1.54, 1.807) is 0 Å². The maximum atomic E-state index is 12.2. The molecule has 0 aromatic heterocycles. The van der Waals surface area contributed by atoms with Crippen LogP contribution in [-0.4, -0.2) is 9.70 Å². The van der Waals surface area contributed by atoms with Crippen LogP contribution in [-0.2, 0) is 11.2 Å². The molecule has 0 bridgehead atoms. The number of hydrogen-bond acceptors (Lipinski definition) is 1. The predicted octanol–water partition coefficient (Wildman–Crippen LogP) is 4.46. The van der Waals surface area contributed by atoms with Crippen LogP contribution in [0.2, 0.25) is 0 Å². The Hall–Kier alpha value is -1.22. The SMILES string of the molecule is O=C(Cc1ccccc1)N[C@@H](c1ccccc1)C(Cl)(Cl)Cl. The average Bonchev–Trinajstić information content (AvgIpc) is 2.45. The van der Waals surface area contributed by atoms with E-state index in [2.05, 4.69) is 5.32 Å². The van der Waals surface area contributed by atoms with E-state index < -0.39 is 9.83 Å². The number of nitrogens with one attached hydrogen (secondary N) is 1. The minimum absolute atomic E-state index is 0.193. The Morgan fingerprint density at radius 2 is 1.48 bits per heavy atom. The third-order valence-electron chi connectivity index (χ3n) is 2.97. The second-order valence-corrected chi connectivity index (χ2v) is 6.98. The first-order chi connectivity index (χ1) is 9.97. The summed E-state index contributed by atoms with van der Waals surface area (Å²) in [7, 11) is 0. The molecule has 0 aliphatic carbocycles. The number of hydrogen-bond donors (Lipinski definition) is 1. The smallest absolute Gasteiger partial charge is 0.225 e. The molecule has 2 nitrogen and oxygen atoms in total. The van der Waals surface area contributed by atoms with Gasteiger partial charge in [-0.3, -0.25) is 4.79 Å². The Kier molecular flexibility index (Phi) is 5.51. The van der Waals surface area contributed by atoms with Crippen LogP contribution < -0.4 is 5.32 Å². The summed E-state index contributed by atoms with van der Waals surface area (Å²) in [6.45, 7) is 0. The fourth-order valence-corrected chi connectivity index (χ4v) is 2.53. The number of amides is 1. The maximum absolute atomic E-state index is 12.2. The summed E-state index contributed by atoms with van der Waals surface area (Å²) in [6, 6.07) is 17.9. The number of carbonyl (C=O) groups excluding carboxylic acids is 1. The summed E-state index contributed by atoms with van der Waals surface area (Å²) >= 11 is 18.0. The van der Waals surface area contributed by atoms with Crippen LogP contribution in [0.4, 0.5) is 0 Å². The Labute approximate surface area is 139 Å². The molecule has 1 N–H and O–H groups in total. The number of carbonyl (C=O) groups is 1. The number of rotatable bonds is 4. The lowest BCUT2D eigenvalue weighted by atomic mass is 10.1. The van der Waals surface area contributed by atoms with Crippen molar-refractivity contribution >= 4 is 40.7 Å². The molecule has 5 heteroatoms. The molecule has 0 saturated carbocycles. The zero-order valence-corrected chi connectivity index (χ0v) is 13.4. The molecular formula is C16H14Cl3NO. The highest BCUT2D eigenvalue weighted by molar-refractivity contribution is 6.68. The van der Waals surface area contributed by atoms with Crippen LogP contribution in [0, 0.1) is 0 Å². The predicted molar refractivity (Wildman–Crippen MR) is 87.8 cm³/mol. The Morgan fingerprint density at radius 1 is 0.952 bits per heavy atom. The van der Waals surface area contributed by atoms with Gasteiger partial charge in [0.15, 0.2) is 0 Å². The van der Waals surface area contributed by atoms with Gasteiger partial charge < -0.3 is 5.32 Å². The molecule has 1 atom stereocenters. The summed E-state index contributed by atoms with van der Waals surface area (Å²) in [4.78, 5) is 12.2. The Morgan fingerprint density at radius 3 is 2.00 bits per heavy atom. The van der Waals surface area contributed by atoms with Crippen LogP contribution in [0.3, 0.4) is 0 Å². The lowest BCUT2D eigenvalue weighted by molar-refractivity contribution is -0.121. The van der Waals surface area contributed by atoms with Crippen LogP contribution in [0.15, 0.2) is 60.7 Å². The van der Waals surface area contributed by atoms with Gasteiger partial charge >= 0.3 is 0 Å². The molecule has 0 spiro atoms. The van der Waals surface area contributed by atoms with E-state index in [0.29, 0.717) is 0 Å². The molecule has 0 aliphatic rings. The van der Waals surface area contributed by atoms with Gasteiger partial charge in [-0.25, -0.2) is 0 Å². The van der Waals surface area contributed by atoms with Crippen molar-refractivity contribution in [3.8, 4) is 0 Å². The zero-order chi connectivity index (χ0) is 15.3. The summed E-state index contributed by atoms with van der Waals surface area (Å²) in [5, 5.41) is 2.79. The first-order valence-corrected chi connectivity index (χ1v) is 7.55. The van der Waals surface area contributed by atoms with Gasteiger partial charge in [0.1, 0.15) is 6.04 Å². The van der Waals surface area contributed by atoms with E-state index in [1.807, 2.05) is 60.7 Å². The number of benzene rings is 2. The number of halogens is 3. The van der Waals surface area contributed by atoms with Crippen LogP contribution in [0.5, 0.6) is 0 Å². The van der Waals surface area contributed by atoms with Crippen molar-refractivity contribution in [2.75, 3.05) is 0 Å². The van der Waals surface area contributed by atoms with Crippen LogP contribution in [0.25, 0.3) is 0 Å². The van der Waals surface area contributed by atoms with Gasteiger partial charge in [-0.1, -0.05) is 95.5 Å². The lowest BCUT2D eigenvalue weighted by Crippen LogP contribution is -2.37. The largest absolute Gasteiger partial charge is 0.345 e. The van der Waals surface area contributed by atoms with Gasteiger partial charge in [0.05, 0.1) is 6.42 Å². The number of alkyl halides is 3. The molecule has 21 heavy (non-hydrogen) atoms. The maximum Gasteiger partial charge on any atom is 0.225 e. The second-order valence-electron chi connectivity index (χ2n) is 4.62. The highest BCUT2D eigenvalue weighted by Gasteiger charge is 2.35. The Bertz CT molecular complexity index is 581. The summed E-state index contributed by atoms with van der Waals surface area (Å²) in [5.41, 5.74) is 1.66. The highest BCUT2D eigenvalue weighted by atomic mass is 35.6. The molecule has 0 fully saturated rings. The molecule has 0 unspecified atom stereocenters.